The third-order valence-electron chi connectivity index (χ3n) is 5.17. The lowest BCUT2D eigenvalue weighted by Crippen LogP contribution is -2.23. The van der Waals surface area contributed by atoms with Crippen molar-refractivity contribution in [3.05, 3.63) is 69.6 Å². The number of rotatable bonds is 7. The SMILES string of the molecule is Cc1ccc(CNC(=O)CCCn2c(Cl)c(-c3cnn(C)c3)c3nc[nH]c(=O)c32)cc1. The molecule has 0 saturated heterocycles. The van der Waals surface area contributed by atoms with Crippen LogP contribution in [0.25, 0.3) is 22.2 Å². The number of nitrogens with zero attached hydrogens (tertiary/aromatic N) is 4. The molecule has 0 aliphatic heterocycles. The molecule has 1 aromatic carbocycles. The van der Waals surface area contributed by atoms with Gasteiger partial charge in [-0.3, -0.25) is 14.3 Å². The molecule has 0 saturated carbocycles. The van der Waals surface area contributed by atoms with E-state index in [1.54, 1.807) is 15.4 Å². The molecule has 3 heterocycles. The molecule has 0 aliphatic carbocycles. The van der Waals surface area contributed by atoms with Gasteiger partial charge in [-0.25, -0.2) is 4.98 Å². The summed E-state index contributed by atoms with van der Waals surface area (Å²) in [5.74, 6) is -0.0484. The van der Waals surface area contributed by atoms with Crippen molar-refractivity contribution in [2.75, 3.05) is 0 Å². The molecule has 0 unspecified atom stereocenters. The summed E-state index contributed by atoms with van der Waals surface area (Å²) in [5, 5.41) is 7.53. The van der Waals surface area contributed by atoms with Gasteiger partial charge in [0.15, 0.2) is 0 Å². The van der Waals surface area contributed by atoms with Gasteiger partial charge in [-0.15, -0.1) is 0 Å². The van der Waals surface area contributed by atoms with Crippen molar-refractivity contribution < 1.29 is 4.79 Å². The minimum absolute atomic E-state index is 0.0484. The summed E-state index contributed by atoms with van der Waals surface area (Å²) in [6.45, 7) is 2.93. The molecule has 0 fully saturated rings. The molecule has 160 valence electrons. The molecule has 0 spiro atoms. The Balaban J connectivity index is 1.48. The number of aromatic amines is 1. The van der Waals surface area contributed by atoms with E-state index in [1.807, 2.05) is 44.4 Å². The van der Waals surface area contributed by atoms with Gasteiger partial charge < -0.3 is 14.9 Å². The van der Waals surface area contributed by atoms with Gasteiger partial charge in [-0.05, 0) is 18.9 Å². The summed E-state index contributed by atoms with van der Waals surface area (Å²) < 4.78 is 3.39. The van der Waals surface area contributed by atoms with E-state index in [4.69, 9.17) is 11.6 Å². The number of amides is 1. The average molecular weight is 439 g/mol. The van der Waals surface area contributed by atoms with Crippen molar-refractivity contribution in [1.29, 1.82) is 0 Å². The molecule has 9 heteroatoms. The van der Waals surface area contributed by atoms with Gasteiger partial charge in [0.25, 0.3) is 5.56 Å². The molecule has 0 aliphatic rings. The van der Waals surface area contributed by atoms with Crippen LogP contribution >= 0.6 is 11.6 Å². The molecule has 8 nitrogen and oxygen atoms in total. The van der Waals surface area contributed by atoms with Crippen LogP contribution < -0.4 is 10.9 Å². The zero-order valence-corrected chi connectivity index (χ0v) is 18.1. The number of aromatic nitrogens is 5. The summed E-state index contributed by atoms with van der Waals surface area (Å²) in [6.07, 6.45) is 5.73. The number of carbonyl (C=O) groups is 1. The zero-order valence-electron chi connectivity index (χ0n) is 17.4. The number of benzene rings is 1. The molecule has 2 N–H and O–H groups in total. The van der Waals surface area contributed by atoms with Crippen LogP contribution in [0.4, 0.5) is 0 Å². The predicted octanol–water partition coefficient (Wildman–Crippen LogP) is 3.18. The van der Waals surface area contributed by atoms with E-state index in [2.05, 4.69) is 20.4 Å². The fraction of sp³-hybridized carbons (Fsp3) is 0.273. The number of hydrogen-bond donors (Lipinski definition) is 2. The highest BCUT2D eigenvalue weighted by Gasteiger charge is 2.21. The average Bonchev–Trinajstić information content (AvgIpc) is 3.29. The van der Waals surface area contributed by atoms with E-state index in [9.17, 15) is 9.59 Å². The lowest BCUT2D eigenvalue weighted by molar-refractivity contribution is -0.121. The highest BCUT2D eigenvalue weighted by Crippen LogP contribution is 2.35. The molecule has 1 amide bonds. The molecular formula is C22H23ClN6O2. The van der Waals surface area contributed by atoms with E-state index in [0.717, 1.165) is 11.1 Å². The third kappa shape index (κ3) is 4.39. The maximum atomic E-state index is 12.5. The molecule has 3 aromatic heterocycles. The molecule has 0 atom stereocenters. The van der Waals surface area contributed by atoms with Crippen molar-refractivity contribution in [2.45, 2.75) is 32.9 Å². The third-order valence-corrected chi connectivity index (χ3v) is 5.56. The zero-order chi connectivity index (χ0) is 22.0. The molecule has 4 rings (SSSR count). The highest BCUT2D eigenvalue weighted by atomic mass is 35.5. The lowest BCUT2D eigenvalue weighted by Gasteiger charge is -2.08. The summed E-state index contributed by atoms with van der Waals surface area (Å²) in [6, 6.07) is 8.04. The molecular weight excluding hydrogens is 416 g/mol. The lowest BCUT2D eigenvalue weighted by atomic mass is 10.1. The number of nitrogens with one attached hydrogen (secondary N) is 2. The van der Waals surface area contributed by atoms with Crippen LogP contribution in [0.3, 0.4) is 0 Å². The quantitative estimate of drug-likeness (QED) is 0.463. The monoisotopic (exact) mass is 438 g/mol. The van der Waals surface area contributed by atoms with Crippen molar-refractivity contribution in [3.63, 3.8) is 0 Å². The summed E-state index contributed by atoms with van der Waals surface area (Å²) in [5.41, 5.74) is 4.32. The number of hydrogen-bond acceptors (Lipinski definition) is 4. The largest absolute Gasteiger partial charge is 0.352 e. The first-order chi connectivity index (χ1) is 14.9. The fourth-order valence-corrected chi connectivity index (χ4v) is 3.93. The molecule has 0 radical (unpaired) electrons. The van der Waals surface area contributed by atoms with Crippen LogP contribution in [0, 0.1) is 6.92 Å². The summed E-state index contributed by atoms with van der Waals surface area (Å²) >= 11 is 6.67. The smallest absolute Gasteiger partial charge is 0.275 e. The van der Waals surface area contributed by atoms with Crippen molar-refractivity contribution in [2.24, 2.45) is 7.05 Å². The first-order valence-electron chi connectivity index (χ1n) is 10.0. The second kappa shape index (κ2) is 8.77. The van der Waals surface area contributed by atoms with Crippen LogP contribution in [0.15, 0.2) is 47.8 Å². The maximum absolute atomic E-state index is 12.5. The van der Waals surface area contributed by atoms with E-state index in [1.165, 1.54) is 11.9 Å². The number of H-pyrrole nitrogens is 1. The Morgan fingerprint density at radius 2 is 2.03 bits per heavy atom. The Kier molecular flexibility index (Phi) is 5.90. The van der Waals surface area contributed by atoms with Crippen LogP contribution in [-0.2, 0) is 24.9 Å². The van der Waals surface area contributed by atoms with Gasteiger partial charge in [0.2, 0.25) is 5.91 Å². The topological polar surface area (TPSA) is 97.6 Å². The number of fused-ring (bicyclic) bond motifs is 1. The maximum Gasteiger partial charge on any atom is 0.275 e. The second-order valence-corrected chi connectivity index (χ2v) is 7.87. The number of halogens is 1. The summed E-state index contributed by atoms with van der Waals surface area (Å²) in [4.78, 5) is 31.7. The number of aryl methyl sites for hydroxylation is 3. The first-order valence-corrected chi connectivity index (χ1v) is 10.4. The minimum atomic E-state index is -0.272. The van der Waals surface area contributed by atoms with Crippen LogP contribution in [0.1, 0.15) is 24.0 Å². The highest BCUT2D eigenvalue weighted by molar-refractivity contribution is 6.34. The van der Waals surface area contributed by atoms with Crippen molar-refractivity contribution in [3.8, 4) is 11.1 Å². The Labute approximate surface area is 183 Å². The van der Waals surface area contributed by atoms with Gasteiger partial charge >= 0.3 is 0 Å². The Hall–Kier alpha value is -3.39. The van der Waals surface area contributed by atoms with Gasteiger partial charge in [0.05, 0.1) is 12.5 Å². The molecule has 31 heavy (non-hydrogen) atoms. The Morgan fingerprint density at radius 3 is 2.74 bits per heavy atom. The van der Waals surface area contributed by atoms with Crippen molar-refractivity contribution >= 4 is 28.5 Å². The van der Waals surface area contributed by atoms with Gasteiger partial charge in [0.1, 0.15) is 16.2 Å². The van der Waals surface area contributed by atoms with Crippen LogP contribution in [-0.4, -0.2) is 30.2 Å². The van der Waals surface area contributed by atoms with Gasteiger partial charge in [0, 0.05) is 43.9 Å². The van der Waals surface area contributed by atoms with E-state index >= 15 is 0 Å². The first kappa shape index (κ1) is 20.9. The summed E-state index contributed by atoms with van der Waals surface area (Å²) in [7, 11) is 1.81. The normalized spacial score (nSPS) is 11.2. The minimum Gasteiger partial charge on any atom is -0.352 e. The van der Waals surface area contributed by atoms with Crippen LogP contribution in [0.5, 0.6) is 0 Å². The number of carbonyl (C=O) groups excluding carboxylic acids is 1. The fourth-order valence-electron chi connectivity index (χ4n) is 3.57. The van der Waals surface area contributed by atoms with E-state index in [-0.39, 0.29) is 11.5 Å². The van der Waals surface area contributed by atoms with Gasteiger partial charge in [-0.2, -0.15) is 5.10 Å². The molecule has 0 bridgehead atoms. The molecule has 4 aromatic rings. The standard InChI is InChI=1S/C22H23ClN6O2/c1-14-5-7-15(8-6-14)10-24-17(30)4-3-9-29-20-19(25-13-26-22(20)31)18(21(29)23)16-11-27-28(2)12-16/h5-8,11-13H,3-4,9-10H2,1-2H3,(H,24,30)(H,25,26,31). The Bertz CT molecular complexity index is 1290. The second-order valence-electron chi connectivity index (χ2n) is 7.51. The van der Waals surface area contributed by atoms with Crippen molar-refractivity contribution in [1.82, 2.24) is 29.6 Å². The van der Waals surface area contributed by atoms with Crippen LogP contribution in [0.2, 0.25) is 5.15 Å². The predicted molar refractivity (Wildman–Crippen MR) is 120 cm³/mol. The van der Waals surface area contributed by atoms with Gasteiger partial charge in [-0.1, -0.05) is 41.4 Å². The Morgan fingerprint density at radius 1 is 1.26 bits per heavy atom. The van der Waals surface area contributed by atoms with E-state index < -0.39 is 0 Å². The van der Waals surface area contributed by atoms with E-state index in [0.29, 0.717) is 47.7 Å².